The van der Waals surface area contributed by atoms with Gasteiger partial charge in [-0.3, -0.25) is 10.2 Å². The van der Waals surface area contributed by atoms with E-state index in [1.807, 2.05) is 36.4 Å². The summed E-state index contributed by atoms with van der Waals surface area (Å²) in [5.74, 6) is -0.726. The molecule has 4 rings (SSSR count). The second-order valence-electron chi connectivity index (χ2n) is 6.83. The zero-order valence-electron chi connectivity index (χ0n) is 15.9. The van der Waals surface area contributed by atoms with Gasteiger partial charge in [0.05, 0.1) is 12.2 Å². The van der Waals surface area contributed by atoms with Gasteiger partial charge in [-0.2, -0.15) is 5.10 Å². The van der Waals surface area contributed by atoms with Crippen LogP contribution in [0.15, 0.2) is 71.5 Å². The number of hydrazone groups is 1. The van der Waals surface area contributed by atoms with E-state index in [9.17, 15) is 9.18 Å². The fourth-order valence-corrected chi connectivity index (χ4v) is 4.07. The zero-order chi connectivity index (χ0) is 21.1. The van der Waals surface area contributed by atoms with Gasteiger partial charge in [0, 0.05) is 14.8 Å². The van der Waals surface area contributed by atoms with Crippen molar-refractivity contribution in [2.45, 2.75) is 19.4 Å². The van der Waals surface area contributed by atoms with E-state index in [-0.39, 0.29) is 16.7 Å². The summed E-state index contributed by atoms with van der Waals surface area (Å²) in [5, 5.41) is 7.58. The Morgan fingerprint density at radius 1 is 1.27 bits per heavy atom. The molecule has 2 aliphatic rings. The Labute approximate surface area is 192 Å². The standard InChI is InChI=1S/C22H18FIN4OS/c23-15-10-11-19-17(12-15)20(26-27-22(30)25-16-7-2-1-3-8-16)21(29)28(19)13-14-6-4-5-9-18(14)24/h1-2,4-7,9-12H,3,8,13H2,(H2,25,27,30)/b26-20-. The fourth-order valence-electron chi connectivity index (χ4n) is 3.33. The minimum absolute atomic E-state index is 0.136. The number of thiocarbonyl (C=S) groups is 1. The van der Waals surface area contributed by atoms with Crippen LogP contribution in [0.3, 0.4) is 0 Å². The van der Waals surface area contributed by atoms with E-state index in [1.165, 1.54) is 12.1 Å². The topological polar surface area (TPSA) is 56.7 Å². The summed E-state index contributed by atoms with van der Waals surface area (Å²) in [7, 11) is 0. The molecule has 0 spiro atoms. The highest BCUT2D eigenvalue weighted by Gasteiger charge is 2.35. The molecule has 0 saturated carbocycles. The van der Waals surface area contributed by atoms with Crippen molar-refractivity contribution in [2.75, 3.05) is 4.90 Å². The van der Waals surface area contributed by atoms with E-state index in [0.717, 1.165) is 27.7 Å². The smallest absolute Gasteiger partial charge is 0.279 e. The quantitative estimate of drug-likeness (QED) is 0.349. The molecule has 1 aliphatic heterocycles. The normalized spacial score (nSPS) is 16.5. The number of amides is 1. The highest BCUT2D eigenvalue weighted by Crippen LogP contribution is 2.32. The van der Waals surface area contributed by atoms with E-state index < -0.39 is 5.82 Å². The highest BCUT2D eigenvalue weighted by atomic mass is 127. The van der Waals surface area contributed by atoms with Crippen molar-refractivity contribution in [3.05, 3.63) is 86.9 Å². The second-order valence-corrected chi connectivity index (χ2v) is 8.40. The maximum atomic E-state index is 13.9. The number of carbonyl (C=O) groups excluding carboxylic acids is 1. The predicted octanol–water partition coefficient (Wildman–Crippen LogP) is 4.38. The van der Waals surface area contributed by atoms with Gasteiger partial charge in [-0.25, -0.2) is 4.39 Å². The van der Waals surface area contributed by atoms with E-state index in [4.69, 9.17) is 12.2 Å². The molecule has 0 atom stereocenters. The van der Waals surface area contributed by atoms with Crippen LogP contribution in [0, 0.1) is 9.39 Å². The number of fused-ring (bicyclic) bond motifs is 1. The van der Waals surface area contributed by atoms with Gasteiger partial charge in [0.15, 0.2) is 10.8 Å². The largest absolute Gasteiger partial charge is 0.335 e. The molecule has 1 amide bonds. The lowest BCUT2D eigenvalue weighted by Crippen LogP contribution is -2.35. The molecule has 8 heteroatoms. The average Bonchev–Trinajstić information content (AvgIpc) is 2.99. The first kappa shape index (κ1) is 20.7. The molecule has 1 aliphatic carbocycles. The summed E-state index contributed by atoms with van der Waals surface area (Å²) in [6.07, 6.45) is 7.77. The number of rotatable bonds is 4. The number of nitrogens with one attached hydrogen (secondary N) is 2. The number of allylic oxidation sites excluding steroid dienone is 4. The molecule has 0 aromatic heterocycles. The SMILES string of the molecule is O=C1/C(=N\NC(=S)NC2=CC=CCC2)c2cc(F)ccc2N1Cc1ccccc1I. The molecule has 30 heavy (non-hydrogen) atoms. The maximum Gasteiger partial charge on any atom is 0.279 e. The Balaban J connectivity index is 1.58. The van der Waals surface area contributed by atoms with Crippen LogP contribution in [0.4, 0.5) is 10.1 Å². The van der Waals surface area contributed by atoms with Crippen molar-refractivity contribution < 1.29 is 9.18 Å². The molecular formula is C22H18FIN4OS. The second kappa shape index (κ2) is 9.05. The van der Waals surface area contributed by atoms with Crippen molar-refractivity contribution in [1.82, 2.24) is 10.7 Å². The third kappa shape index (κ3) is 4.44. The van der Waals surface area contributed by atoms with Gasteiger partial charge in [-0.05, 0) is 83.6 Å². The summed E-state index contributed by atoms with van der Waals surface area (Å²) in [4.78, 5) is 14.7. The van der Waals surface area contributed by atoms with Gasteiger partial charge in [0.2, 0.25) is 0 Å². The van der Waals surface area contributed by atoms with Gasteiger partial charge in [-0.15, -0.1) is 0 Å². The third-order valence-electron chi connectivity index (χ3n) is 4.80. The Morgan fingerprint density at radius 2 is 2.10 bits per heavy atom. The molecule has 1 heterocycles. The lowest BCUT2D eigenvalue weighted by atomic mass is 10.1. The summed E-state index contributed by atoms with van der Waals surface area (Å²) in [5.41, 5.74) is 5.91. The molecule has 0 saturated heterocycles. The van der Waals surface area contributed by atoms with Crippen molar-refractivity contribution in [2.24, 2.45) is 5.10 Å². The maximum absolute atomic E-state index is 13.9. The van der Waals surface area contributed by atoms with Crippen molar-refractivity contribution in [3.63, 3.8) is 0 Å². The fraction of sp³-hybridized carbons (Fsp3) is 0.136. The van der Waals surface area contributed by atoms with E-state index in [1.54, 1.807) is 11.0 Å². The van der Waals surface area contributed by atoms with Gasteiger partial charge < -0.3 is 10.2 Å². The minimum atomic E-state index is -0.426. The monoisotopic (exact) mass is 532 g/mol. The summed E-state index contributed by atoms with van der Waals surface area (Å²) in [6.45, 7) is 0.373. The Morgan fingerprint density at radius 3 is 2.87 bits per heavy atom. The molecule has 2 N–H and O–H groups in total. The van der Waals surface area contributed by atoms with Crippen LogP contribution in [0.2, 0.25) is 0 Å². The number of carbonyl (C=O) groups is 1. The first-order valence-electron chi connectivity index (χ1n) is 9.38. The van der Waals surface area contributed by atoms with Crippen LogP contribution < -0.4 is 15.6 Å². The molecular weight excluding hydrogens is 514 g/mol. The highest BCUT2D eigenvalue weighted by molar-refractivity contribution is 14.1. The Kier molecular flexibility index (Phi) is 6.24. The van der Waals surface area contributed by atoms with Crippen molar-refractivity contribution in [3.8, 4) is 0 Å². The third-order valence-corrected chi connectivity index (χ3v) is 6.04. The lowest BCUT2D eigenvalue weighted by Gasteiger charge is -2.17. The van der Waals surface area contributed by atoms with E-state index in [2.05, 4.69) is 44.5 Å². The lowest BCUT2D eigenvalue weighted by molar-refractivity contribution is -0.112. The summed E-state index contributed by atoms with van der Waals surface area (Å²) in [6, 6.07) is 12.1. The van der Waals surface area contributed by atoms with Crippen LogP contribution in [0.1, 0.15) is 24.0 Å². The number of hydrogen-bond acceptors (Lipinski definition) is 3. The minimum Gasteiger partial charge on any atom is -0.335 e. The molecule has 0 fully saturated rings. The van der Waals surface area contributed by atoms with Crippen molar-refractivity contribution in [1.29, 1.82) is 0 Å². The van der Waals surface area contributed by atoms with Crippen LogP contribution in [-0.4, -0.2) is 16.7 Å². The van der Waals surface area contributed by atoms with E-state index in [0.29, 0.717) is 17.8 Å². The van der Waals surface area contributed by atoms with Gasteiger partial charge in [0.1, 0.15) is 5.82 Å². The van der Waals surface area contributed by atoms with E-state index >= 15 is 0 Å². The number of halogens is 2. The Bertz CT molecular complexity index is 1110. The van der Waals surface area contributed by atoms with Gasteiger partial charge >= 0.3 is 0 Å². The Hall–Kier alpha value is -2.59. The zero-order valence-corrected chi connectivity index (χ0v) is 18.8. The van der Waals surface area contributed by atoms with Crippen LogP contribution in [0.5, 0.6) is 0 Å². The number of nitrogens with zero attached hydrogens (tertiary/aromatic N) is 2. The first-order chi connectivity index (χ1) is 14.5. The summed E-state index contributed by atoms with van der Waals surface area (Å²) >= 11 is 7.53. The molecule has 0 unspecified atom stereocenters. The van der Waals surface area contributed by atoms with Gasteiger partial charge in [-0.1, -0.05) is 30.4 Å². The molecule has 0 radical (unpaired) electrons. The molecule has 2 aromatic rings. The average molecular weight is 532 g/mol. The summed E-state index contributed by atoms with van der Waals surface area (Å²) < 4.78 is 15.0. The predicted molar refractivity (Wildman–Crippen MR) is 129 cm³/mol. The molecule has 5 nitrogen and oxygen atoms in total. The van der Waals surface area contributed by atoms with Crippen molar-refractivity contribution >= 4 is 57.2 Å². The van der Waals surface area contributed by atoms with Crippen LogP contribution >= 0.6 is 34.8 Å². The first-order valence-corrected chi connectivity index (χ1v) is 10.9. The number of benzene rings is 2. The number of anilines is 1. The molecule has 0 bridgehead atoms. The number of hydrogen-bond donors (Lipinski definition) is 2. The molecule has 152 valence electrons. The van der Waals surface area contributed by atoms with Crippen LogP contribution in [0.25, 0.3) is 0 Å². The van der Waals surface area contributed by atoms with Crippen LogP contribution in [-0.2, 0) is 11.3 Å². The molecule has 2 aromatic carbocycles. The van der Waals surface area contributed by atoms with Gasteiger partial charge in [0.25, 0.3) is 5.91 Å².